The molecule has 0 radical (unpaired) electrons. The number of benzene rings is 1. The maximum Gasteiger partial charge on any atom is 0.374 e. The predicted octanol–water partition coefficient (Wildman–Crippen LogP) is 1.98. The Morgan fingerprint density at radius 3 is 2.72 bits per heavy atom. The molecular weight excluding hydrogens is 271 g/mol. The summed E-state index contributed by atoms with van der Waals surface area (Å²) in [6.45, 7) is -0.225. The van der Waals surface area contributed by atoms with Gasteiger partial charge in [0, 0.05) is 12.0 Å². The molecule has 8 heteroatoms. The lowest BCUT2D eigenvalue weighted by Crippen LogP contribution is -2.31. The summed E-state index contributed by atoms with van der Waals surface area (Å²) in [5.74, 6) is -2.74. The monoisotopic (exact) mass is 281 g/mol. The number of carbonyl (C=O) groups excluding carboxylic acids is 1. The van der Waals surface area contributed by atoms with Crippen molar-refractivity contribution < 1.29 is 27.4 Å². The van der Waals surface area contributed by atoms with Crippen LogP contribution in [0.15, 0.2) is 23.1 Å². The Labute approximate surface area is 105 Å². The molecule has 0 aliphatic heterocycles. The molecule has 100 valence electrons. The number of hydrogen-bond donors (Lipinski definition) is 1. The van der Waals surface area contributed by atoms with Crippen LogP contribution in [0.5, 0.6) is 5.75 Å². The van der Waals surface area contributed by atoms with Gasteiger partial charge < -0.3 is 15.2 Å². The van der Waals surface area contributed by atoms with Crippen LogP contribution in [0.2, 0.25) is 0 Å². The Bertz CT molecular complexity index is 442. The number of alkyl halides is 2. The van der Waals surface area contributed by atoms with Crippen LogP contribution in [-0.2, 0) is 9.53 Å². The van der Waals surface area contributed by atoms with Gasteiger partial charge in [0.1, 0.15) is 0 Å². The van der Waals surface area contributed by atoms with E-state index in [1.165, 1.54) is 7.11 Å². The van der Waals surface area contributed by atoms with Crippen molar-refractivity contribution in [2.24, 2.45) is 5.73 Å². The van der Waals surface area contributed by atoms with Crippen LogP contribution in [0, 0.1) is 5.82 Å². The number of hydrogen-bond acceptors (Lipinski definition) is 4. The van der Waals surface area contributed by atoms with Gasteiger partial charge in [-0.05, 0) is 30.0 Å². The summed E-state index contributed by atoms with van der Waals surface area (Å²) in [7, 11) is 1.33. The maximum absolute atomic E-state index is 13.2. The van der Waals surface area contributed by atoms with E-state index in [0.29, 0.717) is 0 Å². The average molecular weight is 281 g/mol. The summed E-state index contributed by atoms with van der Waals surface area (Å²) >= 11 is -0.0850. The average Bonchev–Trinajstić information content (AvgIpc) is 2.29. The zero-order valence-electron chi connectivity index (χ0n) is 9.28. The van der Waals surface area contributed by atoms with Crippen LogP contribution in [0.4, 0.5) is 13.2 Å². The first kappa shape index (κ1) is 14.7. The largest absolute Gasteiger partial charge is 0.464 e. The Balaban J connectivity index is 2.88. The first-order valence-electron chi connectivity index (χ1n) is 4.65. The number of ether oxygens (including phenoxy) is 2. The van der Waals surface area contributed by atoms with Crippen molar-refractivity contribution in [2.45, 2.75) is 10.2 Å². The minimum atomic E-state index is -3.77. The normalized spacial score (nSPS) is 11.3. The molecule has 18 heavy (non-hydrogen) atoms. The molecule has 0 heterocycles. The summed E-state index contributed by atoms with van der Waals surface area (Å²) in [6, 6.07) is 3.08. The van der Waals surface area contributed by atoms with Crippen LogP contribution in [-0.4, -0.2) is 25.1 Å². The van der Waals surface area contributed by atoms with Gasteiger partial charge in [0.25, 0.3) is 5.91 Å². The Hall–Kier alpha value is -1.41. The van der Waals surface area contributed by atoms with Gasteiger partial charge in [-0.3, -0.25) is 4.79 Å². The van der Waals surface area contributed by atoms with Crippen LogP contribution in [0.3, 0.4) is 0 Å². The molecular formula is C10H10F3NO3S. The van der Waals surface area contributed by atoms with Gasteiger partial charge in [-0.2, -0.15) is 8.78 Å². The van der Waals surface area contributed by atoms with E-state index in [2.05, 4.69) is 10.5 Å². The number of halogens is 3. The van der Waals surface area contributed by atoms with Crippen molar-refractivity contribution >= 4 is 17.7 Å². The molecule has 1 amide bonds. The third-order valence-electron chi connectivity index (χ3n) is 1.77. The van der Waals surface area contributed by atoms with E-state index in [4.69, 9.17) is 4.74 Å². The van der Waals surface area contributed by atoms with Gasteiger partial charge in [0.15, 0.2) is 18.4 Å². The Morgan fingerprint density at radius 1 is 1.50 bits per heavy atom. The first-order valence-corrected chi connectivity index (χ1v) is 5.46. The first-order chi connectivity index (χ1) is 8.36. The highest BCUT2D eigenvalue weighted by Crippen LogP contribution is 2.37. The van der Waals surface area contributed by atoms with Crippen molar-refractivity contribution in [2.75, 3.05) is 13.9 Å². The molecule has 1 aromatic rings. The summed E-state index contributed by atoms with van der Waals surface area (Å²) in [6.07, 6.45) is 0. The Kier molecular flexibility index (Phi) is 4.85. The molecule has 0 saturated heterocycles. The van der Waals surface area contributed by atoms with Gasteiger partial charge in [-0.1, -0.05) is 0 Å². The third-order valence-corrected chi connectivity index (χ3v) is 2.72. The number of amides is 1. The van der Waals surface area contributed by atoms with E-state index in [-0.39, 0.29) is 29.2 Å². The van der Waals surface area contributed by atoms with Gasteiger partial charge >= 0.3 is 5.25 Å². The standard InChI is InChI=1S/C10H10F3NO3S/c1-16-5-17-8-4-6(2-3-7(8)11)18-10(12,13)9(14)15/h2-4H,5H2,1H3,(H2,14,15). The van der Waals surface area contributed by atoms with Gasteiger partial charge in [0.2, 0.25) is 0 Å². The molecule has 1 aromatic carbocycles. The number of methoxy groups -OCH3 is 1. The molecule has 4 nitrogen and oxygen atoms in total. The lowest BCUT2D eigenvalue weighted by molar-refractivity contribution is -0.131. The smallest absolute Gasteiger partial charge is 0.374 e. The second kappa shape index (κ2) is 5.96. The maximum atomic E-state index is 13.2. The van der Waals surface area contributed by atoms with Crippen molar-refractivity contribution in [3.63, 3.8) is 0 Å². The van der Waals surface area contributed by atoms with E-state index >= 15 is 0 Å². The van der Waals surface area contributed by atoms with E-state index in [1.807, 2.05) is 0 Å². The molecule has 1 rings (SSSR count). The Morgan fingerprint density at radius 2 is 2.17 bits per heavy atom. The third kappa shape index (κ3) is 3.81. The number of carbonyl (C=O) groups is 1. The van der Waals surface area contributed by atoms with Crippen LogP contribution in [0.25, 0.3) is 0 Å². The molecule has 0 aliphatic rings. The van der Waals surface area contributed by atoms with Crippen molar-refractivity contribution in [1.29, 1.82) is 0 Å². The van der Waals surface area contributed by atoms with Crippen LogP contribution < -0.4 is 10.5 Å². The summed E-state index contributed by atoms with van der Waals surface area (Å²) < 4.78 is 48.7. The molecule has 0 spiro atoms. The lowest BCUT2D eigenvalue weighted by atomic mass is 10.3. The number of nitrogens with two attached hydrogens (primary N) is 1. The number of thioether (sulfide) groups is 1. The molecule has 0 atom stereocenters. The molecule has 0 aliphatic carbocycles. The highest BCUT2D eigenvalue weighted by atomic mass is 32.2. The van der Waals surface area contributed by atoms with Crippen LogP contribution in [0.1, 0.15) is 0 Å². The highest BCUT2D eigenvalue weighted by molar-refractivity contribution is 8.01. The minimum absolute atomic E-state index is 0.0497. The van der Waals surface area contributed by atoms with Crippen molar-refractivity contribution in [3.8, 4) is 5.75 Å². The molecule has 0 aromatic heterocycles. The van der Waals surface area contributed by atoms with E-state index < -0.39 is 17.0 Å². The summed E-state index contributed by atoms with van der Waals surface area (Å²) in [5, 5.41) is -3.77. The molecule has 2 N–H and O–H groups in total. The number of rotatable bonds is 6. The fourth-order valence-corrected chi connectivity index (χ4v) is 1.68. The SMILES string of the molecule is COCOc1cc(SC(F)(F)C(N)=O)ccc1F. The van der Waals surface area contributed by atoms with Crippen molar-refractivity contribution in [3.05, 3.63) is 24.0 Å². The zero-order valence-corrected chi connectivity index (χ0v) is 10.1. The fraction of sp³-hybridized carbons (Fsp3) is 0.300. The summed E-state index contributed by atoms with van der Waals surface area (Å²) in [5.41, 5.74) is 4.53. The zero-order chi connectivity index (χ0) is 13.8. The molecule has 0 bridgehead atoms. The molecule has 0 fully saturated rings. The fourth-order valence-electron chi connectivity index (χ4n) is 0.979. The van der Waals surface area contributed by atoms with Crippen molar-refractivity contribution in [1.82, 2.24) is 0 Å². The second-order valence-corrected chi connectivity index (χ2v) is 4.31. The molecule has 0 saturated carbocycles. The molecule has 0 unspecified atom stereocenters. The van der Waals surface area contributed by atoms with Gasteiger partial charge in [-0.15, -0.1) is 0 Å². The topological polar surface area (TPSA) is 61.6 Å². The van der Waals surface area contributed by atoms with E-state index in [1.54, 1.807) is 0 Å². The van der Waals surface area contributed by atoms with Gasteiger partial charge in [0.05, 0.1) is 0 Å². The van der Waals surface area contributed by atoms with Gasteiger partial charge in [-0.25, -0.2) is 4.39 Å². The predicted molar refractivity (Wildman–Crippen MR) is 58.9 cm³/mol. The minimum Gasteiger partial charge on any atom is -0.464 e. The summed E-state index contributed by atoms with van der Waals surface area (Å²) in [4.78, 5) is 10.4. The number of primary amides is 1. The second-order valence-electron chi connectivity index (χ2n) is 3.13. The quantitative estimate of drug-likeness (QED) is 0.639. The van der Waals surface area contributed by atoms with E-state index in [0.717, 1.165) is 18.2 Å². The van der Waals surface area contributed by atoms with E-state index in [9.17, 15) is 18.0 Å². The van der Waals surface area contributed by atoms with Crippen LogP contribution >= 0.6 is 11.8 Å². The highest BCUT2D eigenvalue weighted by Gasteiger charge is 2.38. The lowest BCUT2D eigenvalue weighted by Gasteiger charge is -2.12.